The molecule has 1 aromatic carbocycles. The summed E-state index contributed by atoms with van der Waals surface area (Å²) in [6.07, 6.45) is 0.829. The molecular formula is C14H18N2O. The van der Waals surface area contributed by atoms with Crippen LogP contribution in [0.3, 0.4) is 0 Å². The van der Waals surface area contributed by atoms with Crippen LogP contribution in [0.1, 0.15) is 36.7 Å². The Morgan fingerprint density at radius 1 is 1.35 bits per heavy atom. The van der Waals surface area contributed by atoms with Crippen LogP contribution in [0.2, 0.25) is 0 Å². The highest BCUT2D eigenvalue weighted by atomic mass is 16.1. The van der Waals surface area contributed by atoms with Gasteiger partial charge in [0.1, 0.15) is 5.84 Å². The van der Waals surface area contributed by atoms with Crippen molar-refractivity contribution in [2.45, 2.75) is 27.2 Å². The van der Waals surface area contributed by atoms with Gasteiger partial charge in [0.25, 0.3) is 0 Å². The van der Waals surface area contributed by atoms with E-state index in [-0.39, 0.29) is 11.2 Å². The van der Waals surface area contributed by atoms with E-state index >= 15 is 0 Å². The normalized spacial score (nSPS) is 16.8. The number of nitrogens with zero attached hydrogens (tertiary/aromatic N) is 1. The summed E-state index contributed by atoms with van der Waals surface area (Å²) in [5, 5.41) is 3.23. The molecule has 3 heteroatoms. The second-order valence-corrected chi connectivity index (χ2v) is 5.42. The Morgan fingerprint density at radius 3 is 2.65 bits per heavy atom. The number of Topliss-reactive ketones (excluding diaryl/α,β-unsaturated/α-hetero) is 1. The summed E-state index contributed by atoms with van der Waals surface area (Å²) < 4.78 is 0. The Kier molecular flexibility index (Phi) is 2.77. The van der Waals surface area contributed by atoms with Crippen LogP contribution in [0.25, 0.3) is 0 Å². The smallest absolute Gasteiger partial charge is 0.168 e. The minimum Gasteiger partial charge on any atom is -0.344 e. The average Bonchev–Trinajstić information content (AvgIpc) is 2.68. The first-order valence-corrected chi connectivity index (χ1v) is 5.82. The number of fused-ring (bicyclic) bond motifs is 1. The van der Waals surface area contributed by atoms with Crippen LogP contribution >= 0.6 is 0 Å². The molecule has 0 fully saturated rings. The van der Waals surface area contributed by atoms with Crippen molar-refractivity contribution in [1.82, 2.24) is 0 Å². The van der Waals surface area contributed by atoms with Gasteiger partial charge in [0.05, 0.1) is 0 Å². The number of nitrogens with one attached hydrogen (secondary N) is 1. The van der Waals surface area contributed by atoms with E-state index in [1.165, 1.54) is 5.56 Å². The Labute approximate surface area is 102 Å². The van der Waals surface area contributed by atoms with Crippen molar-refractivity contribution >= 4 is 17.3 Å². The molecule has 0 unspecified atom stereocenters. The topological polar surface area (TPSA) is 41.5 Å². The molecule has 1 aliphatic rings. The van der Waals surface area contributed by atoms with E-state index in [2.05, 4.69) is 10.3 Å². The van der Waals surface area contributed by atoms with Crippen molar-refractivity contribution in [3.63, 3.8) is 0 Å². The molecule has 1 N–H and O–H groups in total. The molecule has 0 aliphatic carbocycles. The molecule has 0 saturated heterocycles. The van der Waals surface area contributed by atoms with Gasteiger partial charge in [-0.15, -0.1) is 0 Å². The van der Waals surface area contributed by atoms with Crippen LogP contribution in [-0.4, -0.2) is 18.7 Å². The Hall–Kier alpha value is -1.64. The highest BCUT2D eigenvalue weighted by Gasteiger charge is 2.24. The molecular weight excluding hydrogens is 212 g/mol. The summed E-state index contributed by atoms with van der Waals surface area (Å²) in [7, 11) is 1.77. The molecule has 0 saturated carbocycles. The number of carbonyl (C=O) groups is 1. The fraction of sp³-hybridized carbons (Fsp3) is 0.429. The number of aliphatic imine (C=N–C) groups is 1. The first kappa shape index (κ1) is 11.8. The van der Waals surface area contributed by atoms with Crippen molar-refractivity contribution in [2.24, 2.45) is 10.4 Å². The first-order chi connectivity index (χ1) is 7.91. The number of ketones is 1. The van der Waals surface area contributed by atoms with E-state index in [9.17, 15) is 4.79 Å². The second-order valence-electron chi connectivity index (χ2n) is 5.42. The van der Waals surface area contributed by atoms with E-state index in [4.69, 9.17) is 0 Å². The first-order valence-electron chi connectivity index (χ1n) is 5.82. The zero-order chi connectivity index (χ0) is 12.6. The lowest BCUT2D eigenvalue weighted by Crippen LogP contribution is -2.20. The van der Waals surface area contributed by atoms with Gasteiger partial charge in [-0.25, -0.2) is 0 Å². The number of hydrogen-bond donors (Lipinski definition) is 1. The molecule has 1 heterocycles. The molecule has 0 amide bonds. The van der Waals surface area contributed by atoms with Gasteiger partial charge in [0.2, 0.25) is 0 Å². The van der Waals surface area contributed by atoms with Crippen LogP contribution in [0.15, 0.2) is 23.2 Å². The fourth-order valence-corrected chi connectivity index (χ4v) is 1.94. The second kappa shape index (κ2) is 3.99. The summed E-state index contributed by atoms with van der Waals surface area (Å²) in [4.78, 5) is 16.3. The maximum atomic E-state index is 12.2. The lowest BCUT2D eigenvalue weighted by atomic mass is 9.86. The van der Waals surface area contributed by atoms with Crippen molar-refractivity contribution in [1.29, 1.82) is 0 Å². The zero-order valence-corrected chi connectivity index (χ0v) is 10.8. The van der Waals surface area contributed by atoms with Gasteiger partial charge >= 0.3 is 0 Å². The van der Waals surface area contributed by atoms with E-state index < -0.39 is 0 Å². The highest BCUT2D eigenvalue weighted by molar-refractivity contribution is 6.06. The van der Waals surface area contributed by atoms with Gasteiger partial charge in [-0.05, 0) is 11.6 Å². The largest absolute Gasteiger partial charge is 0.344 e. The van der Waals surface area contributed by atoms with Crippen molar-refractivity contribution in [3.8, 4) is 0 Å². The minimum absolute atomic E-state index is 0.170. The SMILES string of the molecule is CN=C1Cc2ccc(C(=O)C(C)(C)C)cc2N1. The standard InChI is InChI=1S/C14H18N2O/c1-14(2,3)13(17)10-6-5-9-8-12(15-4)16-11(9)7-10/h5-7H,8H2,1-4H3,(H,15,16). The lowest BCUT2D eigenvalue weighted by Gasteiger charge is -2.17. The predicted molar refractivity (Wildman–Crippen MR) is 70.9 cm³/mol. The summed E-state index contributed by atoms with van der Waals surface area (Å²) in [5.41, 5.74) is 2.65. The Bertz CT molecular complexity index is 495. The molecule has 3 nitrogen and oxygen atoms in total. The third kappa shape index (κ3) is 2.23. The van der Waals surface area contributed by atoms with Gasteiger partial charge in [0.15, 0.2) is 5.78 Å². The summed E-state index contributed by atoms with van der Waals surface area (Å²) in [6, 6.07) is 5.85. The Balaban J connectivity index is 2.34. The quantitative estimate of drug-likeness (QED) is 0.754. The number of amidine groups is 1. The van der Waals surface area contributed by atoms with E-state index in [0.29, 0.717) is 0 Å². The maximum absolute atomic E-state index is 12.2. The summed E-state index contributed by atoms with van der Waals surface area (Å²) in [5.74, 6) is 1.13. The summed E-state index contributed by atoms with van der Waals surface area (Å²) >= 11 is 0. The highest BCUT2D eigenvalue weighted by Crippen LogP contribution is 2.28. The number of anilines is 1. The third-order valence-corrected chi connectivity index (χ3v) is 2.96. The van der Waals surface area contributed by atoms with Gasteiger partial charge in [-0.2, -0.15) is 0 Å². The van der Waals surface area contributed by atoms with Gasteiger partial charge in [-0.1, -0.05) is 32.9 Å². The van der Waals surface area contributed by atoms with Gasteiger partial charge < -0.3 is 5.32 Å². The van der Waals surface area contributed by atoms with Gasteiger partial charge in [0, 0.05) is 30.1 Å². The van der Waals surface area contributed by atoms with Crippen molar-refractivity contribution in [2.75, 3.05) is 12.4 Å². The summed E-state index contributed by atoms with van der Waals surface area (Å²) in [6.45, 7) is 5.82. The lowest BCUT2D eigenvalue weighted by molar-refractivity contribution is 0.0858. The van der Waals surface area contributed by atoms with Crippen molar-refractivity contribution in [3.05, 3.63) is 29.3 Å². The number of benzene rings is 1. The number of hydrogen-bond acceptors (Lipinski definition) is 2. The molecule has 0 atom stereocenters. The average molecular weight is 230 g/mol. The zero-order valence-electron chi connectivity index (χ0n) is 10.8. The molecule has 1 aliphatic heterocycles. The molecule has 17 heavy (non-hydrogen) atoms. The number of rotatable bonds is 1. The monoisotopic (exact) mass is 230 g/mol. The molecule has 1 aromatic rings. The molecule has 2 rings (SSSR count). The minimum atomic E-state index is -0.339. The molecule has 0 spiro atoms. The van der Waals surface area contributed by atoms with E-state index in [1.807, 2.05) is 39.0 Å². The van der Waals surface area contributed by atoms with E-state index in [1.54, 1.807) is 7.05 Å². The third-order valence-electron chi connectivity index (χ3n) is 2.96. The molecule has 90 valence electrons. The van der Waals surface area contributed by atoms with Crippen LogP contribution in [0, 0.1) is 5.41 Å². The van der Waals surface area contributed by atoms with Crippen LogP contribution in [0.5, 0.6) is 0 Å². The molecule has 0 radical (unpaired) electrons. The molecule has 0 aromatic heterocycles. The van der Waals surface area contributed by atoms with E-state index in [0.717, 1.165) is 23.5 Å². The number of carbonyl (C=O) groups excluding carboxylic acids is 1. The van der Waals surface area contributed by atoms with Crippen LogP contribution in [-0.2, 0) is 6.42 Å². The molecule has 0 bridgehead atoms. The fourth-order valence-electron chi connectivity index (χ4n) is 1.94. The van der Waals surface area contributed by atoms with Crippen molar-refractivity contribution < 1.29 is 4.79 Å². The van der Waals surface area contributed by atoms with Crippen LogP contribution < -0.4 is 5.32 Å². The Morgan fingerprint density at radius 2 is 2.06 bits per heavy atom. The maximum Gasteiger partial charge on any atom is 0.168 e. The van der Waals surface area contributed by atoms with Crippen LogP contribution in [0.4, 0.5) is 5.69 Å². The predicted octanol–water partition coefficient (Wildman–Crippen LogP) is 2.91. The van der Waals surface area contributed by atoms with Gasteiger partial charge in [-0.3, -0.25) is 9.79 Å².